The molecule has 0 saturated heterocycles. The zero-order valence-corrected chi connectivity index (χ0v) is 19.2. The number of nitrogens with one attached hydrogen (secondary N) is 2. The summed E-state index contributed by atoms with van der Waals surface area (Å²) in [7, 11) is -2.21. The number of carbonyl (C=O) groups excluding carboxylic acids is 2. The Morgan fingerprint density at radius 3 is 2.30 bits per heavy atom. The maximum Gasteiger partial charge on any atom is 0.261 e. The van der Waals surface area contributed by atoms with Crippen molar-refractivity contribution < 1.29 is 22.4 Å². The highest BCUT2D eigenvalue weighted by Gasteiger charge is 2.16. The summed E-state index contributed by atoms with van der Waals surface area (Å²) in [5, 5.41) is 2.79. The summed E-state index contributed by atoms with van der Waals surface area (Å²) in [6, 6.07) is 16.6. The number of hydrogen-bond acceptors (Lipinski definition) is 4. The monoisotopic (exact) mass is 469 g/mol. The maximum absolute atomic E-state index is 13.4. The standard InChI is InChI=1S/C24H24FN3O4S/c1-16-13-22(11-12-23(16)25)33(31,32)27-20-9-7-19(8-10-20)24(30)26-21-6-4-5-18(14-21)15-28(3)17(2)29/h4-14,27H,15H2,1-3H3,(H,26,30). The van der Waals surface area contributed by atoms with E-state index in [4.69, 9.17) is 0 Å². The Morgan fingerprint density at radius 2 is 1.67 bits per heavy atom. The first kappa shape index (κ1) is 23.9. The number of benzene rings is 3. The van der Waals surface area contributed by atoms with Gasteiger partial charge in [0.05, 0.1) is 4.90 Å². The predicted octanol–water partition coefficient (Wildman–Crippen LogP) is 4.17. The second-order valence-electron chi connectivity index (χ2n) is 7.62. The minimum atomic E-state index is -3.90. The molecule has 3 rings (SSSR count). The summed E-state index contributed by atoms with van der Waals surface area (Å²) in [4.78, 5) is 25.5. The number of nitrogens with zero attached hydrogens (tertiary/aromatic N) is 1. The van der Waals surface area contributed by atoms with E-state index in [9.17, 15) is 22.4 Å². The lowest BCUT2D eigenvalue weighted by Crippen LogP contribution is -2.23. The van der Waals surface area contributed by atoms with Crippen LogP contribution in [-0.4, -0.2) is 32.2 Å². The molecule has 2 amide bonds. The van der Waals surface area contributed by atoms with Gasteiger partial charge in [-0.15, -0.1) is 0 Å². The van der Waals surface area contributed by atoms with Gasteiger partial charge < -0.3 is 10.2 Å². The van der Waals surface area contributed by atoms with Crippen LogP contribution in [0.15, 0.2) is 71.6 Å². The van der Waals surface area contributed by atoms with Crippen LogP contribution >= 0.6 is 0 Å². The smallest absolute Gasteiger partial charge is 0.261 e. The summed E-state index contributed by atoms with van der Waals surface area (Å²) in [5.74, 6) is -0.911. The van der Waals surface area contributed by atoms with Crippen LogP contribution in [0.4, 0.5) is 15.8 Å². The van der Waals surface area contributed by atoms with E-state index >= 15 is 0 Å². The van der Waals surface area contributed by atoms with Gasteiger partial charge in [0.15, 0.2) is 0 Å². The average Bonchev–Trinajstić information content (AvgIpc) is 2.76. The molecule has 0 heterocycles. The van der Waals surface area contributed by atoms with Gasteiger partial charge in [0.25, 0.3) is 15.9 Å². The molecule has 0 saturated carbocycles. The second-order valence-corrected chi connectivity index (χ2v) is 9.31. The number of hydrogen-bond donors (Lipinski definition) is 2. The van der Waals surface area contributed by atoms with Crippen LogP contribution in [-0.2, 0) is 21.4 Å². The summed E-state index contributed by atoms with van der Waals surface area (Å²) < 4.78 is 40.9. The number of halogens is 1. The minimum absolute atomic E-state index is 0.0569. The highest BCUT2D eigenvalue weighted by molar-refractivity contribution is 7.92. The molecule has 0 aliphatic rings. The van der Waals surface area contributed by atoms with Gasteiger partial charge in [-0.05, 0) is 72.6 Å². The predicted molar refractivity (Wildman–Crippen MR) is 125 cm³/mol. The zero-order chi connectivity index (χ0) is 24.2. The molecule has 0 unspecified atom stereocenters. The molecule has 3 aromatic carbocycles. The molecular weight excluding hydrogens is 445 g/mol. The van der Waals surface area contributed by atoms with Crippen LogP contribution in [0.3, 0.4) is 0 Å². The van der Waals surface area contributed by atoms with Crippen molar-refractivity contribution in [3.05, 3.63) is 89.2 Å². The normalized spacial score (nSPS) is 11.0. The first-order valence-corrected chi connectivity index (χ1v) is 11.5. The van der Waals surface area contributed by atoms with Crippen molar-refractivity contribution in [1.82, 2.24) is 4.90 Å². The van der Waals surface area contributed by atoms with Gasteiger partial charge in [-0.2, -0.15) is 0 Å². The molecule has 0 radical (unpaired) electrons. The lowest BCUT2D eigenvalue weighted by molar-refractivity contribution is -0.128. The molecule has 3 aromatic rings. The summed E-state index contributed by atoms with van der Waals surface area (Å²) in [5.41, 5.74) is 2.27. The van der Waals surface area contributed by atoms with Gasteiger partial charge in [-0.25, -0.2) is 12.8 Å². The molecule has 0 aliphatic heterocycles. The minimum Gasteiger partial charge on any atom is -0.342 e. The molecular formula is C24H24FN3O4S. The fourth-order valence-electron chi connectivity index (χ4n) is 3.02. The number of aryl methyl sites for hydroxylation is 1. The van der Waals surface area contributed by atoms with E-state index in [0.717, 1.165) is 11.6 Å². The van der Waals surface area contributed by atoms with Crippen LogP contribution in [0.5, 0.6) is 0 Å². The summed E-state index contributed by atoms with van der Waals surface area (Å²) >= 11 is 0. The molecule has 0 aromatic heterocycles. The van der Waals surface area contributed by atoms with Crippen molar-refractivity contribution in [3.8, 4) is 0 Å². The van der Waals surface area contributed by atoms with Crippen LogP contribution in [0.25, 0.3) is 0 Å². The lowest BCUT2D eigenvalue weighted by atomic mass is 10.1. The van der Waals surface area contributed by atoms with Crippen LogP contribution < -0.4 is 10.0 Å². The van der Waals surface area contributed by atoms with Crippen molar-refractivity contribution in [2.75, 3.05) is 17.1 Å². The van der Waals surface area contributed by atoms with Crippen LogP contribution in [0, 0.1) is 12.7 Å². The van der Waals surface area contributed by atoms with Crippen molar-refractivity contribution in [2.45, 2.75) is 25.3 Å². The van der Waals surface area contributed by atoms with Gasteiger partial charge in [0.1, 0.15) is 5.82 Å². The van der Waals surface area contributed by atoms with Gasteiger partial charge in [0.2, 0.25) is 5.91 Å². The Labute approximate surface area is 192 Å². The van der Waals surface area contributed by atoms with E-state index in [-0.39, 0.29) is 28.0 Å². The van der Waals surface area contributed by atoms with Crippen molar-refractivity contribution in [1.29, 1.82) is 0 Å². The Morgan fingerprint density at radius 1 is 0.970 bits per heavy atom. The fourth-order valence-corrected chi connectivity index (χ4v) is 4.17. The average molecular weight is 470 g/mol. The van der Waals surface area contributed by atoms with E-state index in [0.29, 0.717) is 17.8 Å². The van der Waals surface area contributed by atoms with Crippen LogP contribution in [0.1, 0.15) is 28.4 Å². The third-order valence-corrected chi connectivity index (χ3v) is 6.36. The van der Waals surface area contributed by atoms with E-state index in [1.165, 1.54) is 50.2 Å². The summed E-state index contributed by atoms with van der Waals surface area (Å²) in [6.45, 7) is 3.39. The topological polar surface area (TPSA) is 95.6 Å². The molecule has 0 aliphatic carbocycles. The lowest BCUT2D eigenvalue weighted by Gasteiger charge is -2.15. The molecule has 0 bridgehead atoms. The van der Waals surface area contributed by atoms with E-state index < -0.39 is 15.8 Å². The molecule has 0 atom stereocenters. The van der Waals surface area contributed by atoms with Gasteiger partial charge >= 0.3 is 0 Å². The molecule has 0 spiro atoms. The van der Waals surface area contributed by atoms with Crippen molar-refractivity contribution in [2.24, 2.45) is 0 Å². The second kappa shape index (κ2) is 9.83. The quantitative estimate of drug-likeness (QED) is 0.543. The van der Waals surface area contributed by atoms with Crippen LogP contribution in [0.2, 0.25) is 0 Å². The zero-order valence-electron chi connectivity index (χ0n) is 18.4. The highest BCUT2D eigenvalue weighted by atomic mass is 32.2. The van der Waals surface area contributed by atoms with E-state index in [2.05, 4.69) is 10.0 Å². The largest absolute Gasteiger partial charge is 0.342 e. The fraction of sp³-hybridized carbons (Fsp3) is 0.167. The van der Waals surface area contributed by atoms with Crippen molar-refractivity contribution >= 4 is 33.2 Å². The third kappa shape index (κ3) is 6.17. The third-order valence-electron chi connectivity index (χ3n) is 4.98. The van der Waals surface area contributed by atoms with Crippen molar-refractivity contribution in [3.63, 3.8) is 0 Å². The van der Waals surface area contributed by atoms with Gasteiger partial charge in [0, 0.05) is 37.5 Å². The number of carbonyl (C=O) groups is 2. The van der Waals surface area contributed by atoms with E-state index in [1.54, 1.807) is 30.1 Å². The number of amides is 2. The maximum atomic E-state index is 13.4. The SMILES string of the molecule is CC(=O)N(C)Cc1cccc(NC(=O)c2ccc(NS(=O)(=O)c3ccc(F)c(C)c3)cc2)c1. The Hall–Kier alpha value is -3.72. The number of anilines is 2. The molecule has 33 heavy (non-hydrogen) atoms. The highest BCUT2D eigenvalue weighted by Crippen LogP contribution is 2.20. The Bertz CT molecular complexity index is 1290. The molecule has 9 heteroatoms. The number of sulfonamides is 1. The first-order chi connectivity index (χ1) is 15.5. The van der Waals surface area contributed by atoms with E-state index in [1.807, 2.05) is 6.07 Å². The Kier molecular flexibility index (Phi) is 7.13. The molecule has 0 fully saturated rings. The molecule has 7 nitrogen and oxygen atoms in total. The summed E-state index contributed by atoms with van der Waals surface area (Å²) in [6.07, 6.45) is 0. The molecule has 172 valence electrons. The Balaban J connectivity index is 1.68. The molecule has 2 N–H and O–H groups in total. The first-order valence-electron chi connectivity index (χ1n) is 10.1. The number of rotatable bonds is 7. The van der Waals surface area contributed by atoms with Gasteiger partial charge in [-0.3, -0.25) is 14.3 Å². The van der Waals surface area contributed by atoms with Gasteiger partial charge in [-0.1, -0.05) is 12.1 Å².